The maximum atomic E-state index is 14.1. The molecular weight excluding hydrogens is 299 g/mol. The maximum Gasteiger partial charge on any atom is 0.305 e. The number of hydrogen-bond acceptors (Lipinski definition) is 7. The minimum Gasteiger partial charge on any atom is -0.433 e. The smallest absolute Gasteiger partial charge is 0.305 e. The normalized spacial score (nSPS) is 45.7. The SMILES string of the molecule is CC(=O)O[C@H]1O[C@H]([C@@H]2OC(C)(C)OC2F)[C@@H]2OC(C)(C)O[C@H]12. The number of fused-ring (bicyclic) bond motifs is 1. The summed E-state index contributed by atoms with van der Waals surface area (Å²) < 4.78 is 47.1. The van der Waals surface area contributed by atoms with Crippen LogP contribution in [0.15, 0.2) is 0 Å². The molecule has 0 aromatic carbocycles. The third-order valence-corrected chi connectivity index (χ3v) is 3.73. The molecule has 0 saturated carbocycles. The van der Waals surface area contributed by atoms with Crippen LogP contribution in [0.3, 0.4) is 0 Å². The van der Waals surface area contributed by atoms with Gasteiger partial charge in [-0.1, -0.05) is 0 Å². The van der Waals surface area contributed by atoms with Gasteiger partial charge in [0.25, 0.3) is 0 Å². The van der Waals surface area contributed by atoms with Crippen molar-refractivity contribution in [3.05, 3.63) is 0 Å². The fraction of sp³-hybridized carbons (Fsp3) is 0.929. The molecule has 3 saturated heterocycles. The Morgan fingerprint density at radius 3 is 2.00 bits per heavy atom. The number of esters is 1. The van der Waals surface area contributed by atoms with E-state index in [0.29, 0.717) is 0 Å². The van der Waals surface area contributed by atoms with E-state index in [-0.39, 0.29) is 0 Å². The van der Waals surface area contributed by atoms with Crippen molar-refractivity contribution in [3.63, 3.8) is 0 Å². The lowest BCUT2D eigenvalue weighted by atomic mass is 10.1. The molecule has 6 atom stereocenters. The van der Waals surface area contributed by atoms with Gasteiger partial charge in [0.1, 0.15) is 18.3 Å². The van der Waals surface area contributed by atoms with Gasteiger partial charge in [-0.05, 0) is 27.7 Å². The predicted octanol–water partition coefficient (Wildman–Crippen LogP) is 1.24. The maximum absolute atomic E-state index is 14.1. The Bertz CT molecular complexity index is 466. The predicted molar refractivity (Wildman–Crippen MR) is 69.2 cm³/mol. The van der Waals surface area contributed by atoms with Crippen molar-refractivity contribution in [3.8, 4) is 0 Å². The van der Waals surface area contributed by atoms with Gasteiger partial charge in [-0.25, -0.2) is 4.39 Å². The number of rotatable bonds is 2. The molecule has 126 valence electrons. The zero-order valence-electron chi connectivity index (χ0n) is 13.2. The highest BCUT2D eigenvalue weighted by molar-refractivity contribution is 5.66. The standard InChI is InChI=1S/C14H21FO7/c1-6(16)17-12-10-8(19-13(2,3)21-10)7(18-12)9-11(15)22-14(4,5)20-9/h7-12H,1-5H3/t7-,8-,9-,10-,11?,12-/m0/s1. The molecular formula is C14H21FO7. The molecule has 8 heteroatoms. The van der Waals surface area contributed by atoms with Crippen LogP contribution in [0.5, 0.6) is 0 Å². The molecule has 3 aliphatic heterocycles. The number of alkyl halides is 1. The third kappa shape index (κ3) is 2.85. The van der Waals surface area contributed by atoms with Gasteiger partial charge in [0.05, 0.1) is 0 Å². The lowest BCUT2D eigenvalue weighted by molar-refractivity contribution is -0.245. The van der Waals surface area contributed by atoms with E-state index in [0.717, 1.165) is 0 Å². The zero-order valence-corrected chi connectivity index (χ0v) is 13.2. The quantitative estimate of drug-likeness (QED) is 0.709. The van der Waals surface area contributed by atoms with Crippen molar-refractivity contribution in [2.24, 2.45) is 0 Å². The lowest BCUT2D eigenvalue weighted by Crippen LogP contribution is -2.42. The van der Waals surface area contributed by atoms with Gasteiger partial charge in [0.2, 0.25) is 12.6 Å². The summed E-state index contributed by atoms with van der Waals surface area (Å²) in [6, 6.07) is 0. The van der Waals surface area contributed by atoms with Crippen LogP contribution < -0.4 is 0 Å². The van der Waals surface area contributed by atoms with Crippen LogP contribution in [0.2, 0.25) is 0 Å². The molecule has 3 fully saturated rings. The summed E-state index contributed by atoms with van der Waals surface area (Å²) in [4.78, 5) is 11.2. The van der Waals surface area contributed by atoms with Gasteiger partial charge in [-0.3, -0.25) is 4.79 Å². The highest BCUT2D eigenvalue weighted by atomic mass is 19.1. The van der Waals surface area contributed by atoms with E-state index in [4.69, 9.17) is 28.4 Å². The number of carbonyl (C=O) groups is 1. The average Bonchev–Trinajstić information content (AvgIpc) is 2.89. The molecule has 0 aromatic rings. The monoisotopic (exact) mass is 320 g/mol. The molecule has 3 aliphatic rings. The first-order chi connectivity index (χ1) is 10.1. The number of halogens is 1. The average molecular weight is 320 g/mol. The van der Waals surface area contributed by atoms with E-state index < -0.39 is 54.6 Å². The van der Waals surface area contributed by atoms with Crippen LogP contribution in [0, 0.1) is 0 Å². The molecule has 7 nitrogen and oxygen atoms in total. The zero-order chi connectivity index (χ0) is 16.3. The van der Waals surface area contributed by atoms with Gasteiger partial charge in [-0.15, -0.1) is 0 Å². The van der Waals surface area contributed by atoms with E-state index >= 15 is 0 Å². The summed E-state index contributed by atoms with van der Waals surface area (Å²) in [5.74, 6) is -2.45. The molecule has 0 bridgehead atoms. The van der Waals surface area contributed by atoms with Gasteiger partial charge < -0.3 is 28.4 Å². The van der Waals surface area contributed by atoms with Crippen molar-refractivity contribution < 1.29 is 37.6 Å². The van der Waals surface area contributed by atoms with Crippen LogP contribution in [0.4, 0.5) is 4.39 Å². The second kappa shape index (κ2) is 5.10. The van der Waals surface area contributed by atoms with E-state index in [1.807, 2.05) is 0 Å². The van der Waals surface area contributed by atoms with Crippen LogP contribution >= 0.6 is 0 Å². The van der Waals surface area contributed by atoms with Crippen molar-refractivity contribution in [1.82, 2.24) is 0 Å². The molecule has 0 spiro atoms. The second-order valence-electron chi connectivity index (χ2n) is 6.59. The Hall–Kier alpha value is -0.800. The molecule has 3 rings (SSSR count). The van der Waals surface area contributed by atoms with Crippen molar-refractivity contribution in [1.29, 1.82) is 0 Å². The minimum atomic E-state index is -1.66. The second-order valence-corrected chi connectivity index (χ2v) is 6.59. The summed E-state index contributed by atoms with van der Waals surface area (Å²) in [6.45, 7) is 7.96. The largest absolute Gasteiger partial charge is 0.433 e. The van der Waals surface area contributed by atoms with Crippen molar-refractivity contribution in [2.75, 3.05) is 0 Å². The molecule has 3 heterocycles. The lowest BCUT2D eigenvalue weighted by Gasteiger charge is -2.26. The summed E-state index contributed by atoms with van der Waals surface area (Å²) >= 11 is 0. The topological polar surface area (TPSA) is 72.5 Å². The van der Waals surface area contributed by atoms with Crippen LogP contribution in [-0.4, -0.2) is 54.6 Å². The molecule has 0 aromatic heterocycles. The molecule has 22 heavy (non-hydrogen) atoms. The van der Waals surface area contributed by atoms with Gasteiger partial charge in [0, 0.05) is 6.92 Å². The van der Waals surface area contributed by atoms with Gasteiger partial charge >= 0.3 is 5.97 Å². The Labute approximate surface area is 127 Å². The first-order valence-electron chi connectivity index (χ1n) is 7.26. The van der Waals surface area contributed by atoms with E-state index in [1.165, 1.54) is 6.92 Å². The van der Waals surface area contributed by atoms with E-state index in [9.17, 15) is 9.18 Å². The number of hydrogen-bond donors (Lipinski definition) is 0. The molecule has 1 unspecified atom stereocenters. The fourth-order valence-electron chi connectivity index (χ4n) is 3.08. The Morgan fingerprint density at radius 2 is 1.45 bits per heavy atom. The fourth-order valence-corrected chi connectivity index (χ4v) is 3.08. The minimum absolute atomic E-state index is 0.515. The third-order valence-electron chi connectivity index (χ3n) is 3.73. The van der Waals surface area contributed by atoms with Crippen LogP contribution in [-0.2, 0) is 33.2 Å². The van der Waals surface area contributed by atoms with Crippen molar-refractivity contribution in [2.45, 2.75) is 83.3 Å². The molecule has 0 amide bonds. The van der Waals surface area contributed by atoms with Crippen LogP contribution in [0.1, 0.15) is 34.6 Å². The summed E-state index contributed by atoms with van der Waals surface area (Å²) in [6.07, 6.45) is -5.66. The Balaban J connectivity index is 1.81. The van der Waals surface area contributed by atoms with Gasteiger partial charge in [-0.2, -0.15) is 0 Å². The molecule has 0 N–H and O–H groups in total. The highest BCUT2D eigenvalue weighted by Crippen LogP contribution is 2.44. The summed E-state index contributed by atoms with van der Waals surface area (Å²) in [5, 5.41) is 0. The first-order valence-corrected chi connectivity index (χ1v) is 7.26. The van der Waals surface area contributed by atoms with E-state index in [2.05, 4.69) is 0 Å². The number of carbonyl (C=O) groups excluding carboxylic acids is 1. The summed E-state index contributed by atoms with van der Waals surface area (Å²) in [7, 11) is 0. The Morgan fingerprint density at radius 1 is 0.909 bits per heavy atom. The molecule has 0 radical (unpaired) electrons. The highest BCUT2D eigenvalue weighted by Gasteiger charge is 2.62. The first kappa shape index (κ1) is 16.1. The van der Waals surface area contributed by atoms with Gasteiger partial charge in [0.15, 0.2) is 17.7 Å². The molecule has 0 aliphatic carbocycles. The number of ether oxygens (including phenoxy) is 6. The van der Waals surface area contributed by atoms with E-state index in [1.54, 1.807) is 27.7 Å². The Kier molecular flexibility index (Phi) is 3.73. The van der Waals surface area contributed by atoms with Crippen LogP contribution in [0.25, 0.3) is 0 Å². The van der Waals surface area contributed by atoms with Crippen molar-refractivity contribution >= 4 is 5.97 Å². The summed E-state index contributed by atoms with van der Waals surface area (Å²) in [5.41, 5.74) is 0.